The van der Waals surface area contributed by atoms with Crippen LogP contribution in [0.15, 0.2) is 29.2 Å². The predicted octanol–water partition coefficient (Wildman–Crippen LogP) is 2.99. The quantitative estimate of drug-likeness (QED) is 0.708. The van der Waals surface area contributed by atoms with E-state index < -0.39 is 15.9 Å². The standard InChI is InChI=1S/C17H19Cl2N3O5S/c1-2-27-14-4-3-11(20-17(23)13-10-12(18)16(19)21-13)9-15(14)28(24,25)22-5-7-26-8-6-22/h3-4,9-10,21H,2,5-8H2,1H3,(H,20,23). The van der Waals surface area contributed by atoms with Crippen LogP contribution in [-0.2, 0) is 14.8 Å². The molecule has 0 spiro atoms. The number of sulfonamides is 1. The number of carbonyl (C=O) groups is 1. The van der Waals surface area contributed by atoms with E-state index in [0.717, 1.165) is 0 Å². The highest BCUT2D eigenvalue weighted by Crippen LogP contribution is 2.31. The van der Waals surface area contributed by atoms with Gasteiger partial charge in [0.2, 0.25) is 10.0 Å². The van der Waals surface area contributed by atoms with Crippen molar-refractivity contribution in [1.82, 2.24) is 9.29 Å². The molecule has 1 amide bonds. The number of rotatable bonds is 6. The number of carbonyl (C=O) groups excluding carboxylic acids is 1. The lowest BCUT2D eigenvalue weighted by Crippen LogP contribution is -2.40. The van der Waals surface area contributed by atoms with E-state index in [1.54, 1.807) is 13.0 Å². The first-order valence-electron chi connectivity index (χ1n) is 8.53. The minimum atomic E-state index is -3.81. The number of nitrogens with zero attached hydrogens (tertiary/aromatic N) is 1. The van der Waals surface area contributed by atoms with E-state index in [-0.39, 0.29) is 39.6 Å². The van der Waals surface area contributed by atoms with Gasteiger partial charge in [-0.15, -0.1) is 0 Å². The van der Waals surface area contributed by atoms with Crippen LogP contribution in [0.25, 0.3) is 0 Å². The second-order valence-electron chi connectivity index (χ2n) is 5.91. The highest BCUT2D eigenvalue weighted by atomic mass is 35.5. The summed E-state index contributed by atoms with van der Waals surface area (Å²) in [5.41, 5.74) is 0.448. The van der Waals surface area contributed by atoms with Gasteiger partial charge in [0.05, 0.1) is 24.8 Å². The number of anilines is 1. The third-order valence-electron chi connectivity index (χ3n) is 4.06. The van der Waals surface area contributed by atoms with Crippen molar-refractivity contribution < 1.29 is 22.7 Å². The maximum absolute atomic E-state index is 13.1. The topological polar surface area (TPSA) is 101 Å². The molecule has 0 atom stereocenters. The summed E-state index contributed by atoms with van der Waals surface area (Å²) in [7, 11) is -3.81. The highest BCUT2D eigenvalue weighted by molar-refractivity contribution is 7.89. The molecule has 2 heterocycles. The molecule has 1 aromatic heterocycles. The molecule has 2 aromatic rings. The first-order chi connectivity index (χ1) is 13.3. The number of morpholine rings is 1. The van der Waals surface area contributed by atoms with Gasteiger partial charge in [0.1, 0.15) is 21.5 Å². The number of ether oxygens (including phenoxy) is 2. The summed E-state index contributed by atoms with van der Waals surface area (Å²) in [5, 5.41) is 3.00. The molecule has 152 valence electrons. The maximum atomic E-state index is 13.1. The number of aromatic amines is 1. The fourth-order valence-corrected chi connectivity index (χ4v) is 4.59. The van der Waals surface area contributed by atoms with E-state index in [0.29, 0.717) is 25.5 Å². The molecule has 1 saturated heterocycles. The molecule has 1 fully saturated rings. The van der Waals surface area contributed by atoms with Crippen LogP contribution in [0, 0.1) is 0 Å². The second-order valence-corrected chi connectivity index (χ2v) is 8.60. The Kier molecular flexibility index (Phi) is 6.51. The predicted molar refractivity (Wildman–Crippen MR) is 106 cm³/mol. The molecule has 1 aliphatic rings. The van der Waals surface area contributed by atoms with Gasteiger partial charge in [-0.1, -0.05) is 23.2 Å². The number of nitrogens with one attached hydrogen (secondary N) is 2. The van der Waals surface area contributed by atoms with E-state index in [2.05, 4.69) is 10.3 Å². The van der Waals surface area contributed by atoms with Gasteiger partial charge in [0.25, 0.3) is 5.91 Å². The minimum Gasteiger partial charge on any atom is -0.492 e. The van der Waals surface area contributed by atoms with Crippen LogP contribution in [0.1, 0.15) is 17.4 Å². The molecule has 0 unspecified atom stereocenters. The van der Waals surface area contributed by atoms with E-state index in [1.165, 1.54) is 22.5 Å². The number of hydrogen-bond acceptors (Lipinski definition) is 5. The van der Waals surface area contributed by atoms with Crippen LogP contribution >= 0.6 is 23.2 Å². The Labute approximate surface area is 172 Å². The smallest absolute Gasteiger partial charge is 0.272 e. The molecular weight excluding hydrogens is 429 g/mol. The summed E-state index contributed by atoms with van der Waals surface area (Å²) >= 11 is 11.7. The molecular formula is C17H19Cl2N3O5S. The summed E-state index contributed by atoms with van der Waals surface area (Å²) < 4.78 is 38.2. The molecule has 3 rings (SSSR count). The Hall–Kier alpha value is -1.78. The fourth-order valence-electron chi connectivity index (χ4n) is 2.71. The molecule has 1 aliphatic heterocycles. The first-order valence-corrected chi connectivity index (χ1v) is 10.7. The minimum absolute atomic E-state index is 0.0170. The summed E-state index contributed by atoms with van der Waals surface area (Å²) in [6.45, 7) is 3.23. The average Bonchev–Trinajstić information content (AvgIpc) is 3.02. The fraction of sp³-hybridized carbons (Fsp3) is 0.353. The summed E-state index contributed by atoms with van der Waals surface area (Å²) in [6.07, 6.45) is 0. The van der Waals surface area contributed by atoms with Crippen LogP contribution < -0.4 is 10.1 Å². The lowest BCUT2D eigenvalue weighted by Gasteiger charge is -2.27. The molecule has 11 heteroatoms. The second kappa shape index (κ2) is 8.71. The van der Waals surface area contributed by atoms with E-state index in [1.807, 2.05) is 0 Å². The molecule has 0 saturated carbocycles. The lowest BCUT2D eigenvalue weighted by atomic mass is 10.3. The van der Waals surface area contributed by atoms with Gasteiger partial charge in [-0.05, 0) is 31.2 Å². The van der Waals surface area contributed by atoms with Crippen LogP contribution in [-0.4, -0.2) is 56.5 Å². The zero-order valence-corrected chi connectivity index (χ0v) is 17.3. The number of halogens is 2. The number of benzene rings is 1. The van der Waals surface area contributed by atoms with Crippen molar-refractivity contribution in [1.29, 1.82) is 0 Å². The van der Waals surface area contributed by atoms with E-state index in [4.69, 9.17) is 32.7 Å². The third-order valence-corrected chi connectivity index (χ3v) is 6.67. The molecule has 0 radical (unpaired) electrons. The number of H-pyrrole nitrogens is 1. The van der Waals surface area contributed by atoms with Crippen LogP contribution in [0.3, 0.4) is 0 Å². The van der Waals surface area contributed by atoms with Gasteiger partial charge in [0.15, 0.2) is 0 Å². The Morgan fingerprint density at radius 3 is 2.61 bits per heavy atom. The van der Waals surface area contributed by atoms with Gasteiger partial charge in [-0.2, -0.15) is 4.31 Å². The number of amides is 1. The van der Waals surface area contributed by atoms with Crippen molar-refractivity contribution in [2.45, 2.75) is 11.8 Å². The Balaban J connectivity index is 1.91. The largest absolute Gasteiger partial charge is 0.492 e. The van der Waals surface area contributed by atoms with Crippen molar-refractivity contribution in [3.8, 4) is 5.75 Å². The Bertz CT molecular complexity index is 952. The lowest BCUT2D eigenvalue weighted by molar-refractivity contribution is 0.0729. The summed E-state index contributed by atoms with van der Waals surface area (Å²) in [6, 6.07) is 5.84. The SMILES string of the molecule is CCOc1ccc(NC(=O)c2cc(Cl)c(Cl)[nH]2)cc1S(=O)(=O)N1CCOCC1. The van der Waals surface area contributed by atoms with Crippen molar-refractivity contribution in [2.75, 3.05) is 38.2 Å². The number of aromatic nitrogens is 1. The Morgan fingerprint density at radius 1 is 1.29 bits per heavy atom. The van der Waals surface area contributed by atoms with Gasteiger partial charge in [0, 0.05) is 18.8 Å². The molecule has 28 heavy (non-hydrogen) atoms. The molecule has 1 aromatic carbocycles. The van der Waals surface area contributed by atoms with Gasteiger partial charge >= 0.3 is 0 Å². The van der Waals surface area contributed by atoms with Gasteiger partial charge in [-0.3, -0.25) is 4.79 Å². The first kappa shape index (κ1) is 20.9. The summed E-state index contributed by atoms with van der Waals surface area (Å²) in [4.78, 5) is 15.0. The number of hydrogen-bond donors (Lipinski definition) is 2. The highest BCUT2D eigenvalue weighted by Gasteiger charge is 2.30. The normalized spacial score (nSPS) is 15.4. The van der Waals surface area contributed by atoms with E-state index >= 15 is 0 Å². The molecule has 2 N–H and O–H groups in total. The molecule has 8 nitrogen and oxygen atoms in total. The zero-order valence-electron chi connectivity index (χ0n) is 15.0. The monoisotopic (exact) mass is 447 g/mol. The molecule has 0 bridgehead atoms. The Morgan fingerprint density at radius 2 is 2.00 bits per heavy atom. The molecule has 0 aliphatic carbocycles. The van der Waals surface area contributed by atoms with Crippen LogP contribution in [0.4, 0.5) is 5.69 Å². The summed E-state index contributed by atoms with van der Waals surface area (Å²) in [5.74, 6) is -0.286. The van der Waals surface area contributed by atoms with Gasteiger partial charge in [-0.25, -0.2) is 8.42 Å². The zero-order chi connectivity index (χ0) is 20.3. The third kappa shape index (κ3) is 4.44. The average molecular weight is 448 g/mol. The van der Waals surface area contributed by atoms with Crippen LogP contribution in [0.5, 0.6) is 5.75 Å². The van der Waals surface area contributed by atoms with Crippen molar-refractivity contribution in [2.24, 2.45) is 0 Å². The maximum Gasteiger partial charge on any atom is 0.272 e. The van der Waals surface area contributed by atoms with Crippen LogP contribution in [0.2, 0.25) is 10.2 Å². The van der Waals surface area contributed by atoms with E-state index in [9.17, 15) is 13.2 Å². The van der Waals surface area contributed by atoms with Crippen molar-refractivity contribution in [3.63, 3.8) is 0 Å². The van der Waals surface area contributed by atoms with Gasteiger partial charge < -0.3 is 19.8 Å². The van der Waals surface area contributed by atoms with Crippen molar-refractivity contribution >= 4 is 44.8 Å². The van der Waals surface area contributed by atoms with Crippen molar-refractivity contribution in [3.05, 3.63) is 40.1 Å².